The highest BCUT2D eigenvalue weighted by atomic mass is 32.2. The van der Waals surface area contributed by atoms with Gasteiger partial charge in [0, 0.05) is 4.90 Å². The van der Waals surface area contributed by atoms with E-state index in [0.29, 0.717) is 5.69 Å². The van der Waals surface area contributed by atoms with Crippen LogP contribution in [0.1, 0.15) is 16.7 Å². The van der Waals surface area contributed by atoms with Crippen LogP contribution in [-0.4, -0.2) is 39.6 Å². The number of hydrogen-bond donors (Lipinski definition) is 1. The number of nitrogens with one attached hydrogen (secondary N) is 1. The Morgan fingerprint density at radius 3 is 2.37 bits per heavy atom. The molecule has 0 heterocycles. The molecule has 8 heteroatoms. The standard InChI is InChI=1S/C19H23N3O3S2/c1-14-5-8-17(11-15(14)2)22(27(4,24)25)13-19(23)21-20-12-16-6-9-18(26-3)10-7-16/h5-12H,13H2,1-4H3,(H,21,23)/b20-12-. The number of hydrogen-bond acceptors (Lipinski definition) is 5. The molecule has 0 bridgehead atoms. The summed E-state index contributed by atoms with van der Waals surface area (Å²) in [5.74, 6) is -0.518. The summed E-state index contributed by atoms with van der Waals surface area (Å²) < 4.78 is 25.3. The lowest BCUT2D eigenvalue weighted by atomic mass is 10.1. The van der Waals surface area contributed by atoms with Crippen molar-refractivity contribution in [2.75, 3.05) is 23.4 Å². The molecule has 27 heavy (non-hydrogen) atoms. The summed E-state index contributed by atoms with van der Waals surface area (Å²) in [5, 5.41) is 3.90. The molecule has 0 aliphatic carbocycles. The zero-order chi connectivity index (χ0) is 20.0. The molecule has 2 aromatic carbocycles. The van der Waals surface area contributed by atoms with E-state index in [1.165, 1.54) is 6.21 Å². The topological polar surface area (TPSA) is 78.8 Å². The second kappa shape index (κ2) is 9.05. The van der Waals surface area contributed by atoms with Crippen molar-refractivity contribution < 1.29 is 13.2 Å². The molecule has 0 saturated carbocycles. The fraction of sp³-hybridized carbons (Fsp3) is 0.263. The first-order valence-corrected chi connectivity index (χ1v) is 11.3. The highest BCUT2D eigenvalue weighted by Gasteiger charge is 2.21. The van der Waals surface area contributed by atoms with E-state index in [9.17, 15) is 13.2 Å². The molecule has 0 saturated heterocycles. The summed E-state index contributed by atoms with van der Waals surface area (Å²) >= 11 is 1.64. The van der Waals surface area contributed by atoms with E-state index in [1.807, 2.05) is 50.4 Å². The number of sulfonamides is 1. The van der Waals surface area contributed by atoms with Crippen LogP contribution < -0.4 is 9.73 Å². The lowest BCUT2D eigenvalue weighted by molar-refractivity contribution is -0.119. The largest absolute Gasteiger partial charge is 0.271 e. The molecule has 1 N–H and O–H groups in total. The Labute approximate surface area is 164 Å². The van der Waals surface area contributed by atoms with Crippen LogP contribution in [-0.2, 0) is 14.8 Å². The average Bonchev–Trinajstić information content (AvgIpc) is 2.62. The molecule has 1 amide bonds. The molecule has 6 nitrogen and oxygen atoms in total. The van der Waals surface area contributed by atoms with Crippen LogP contribution in [0.3, 0.4) is 0 Å². The van der Waals surface area contributed by atoms with Crippen molar-refractivity contribution in [3.63, 3.8) is 0 Å². The Balaban J connectivity index is 2.07. The summed E-state index contributed by atoms with van der Waals surface area (Å²) in [5.41, 5.74) is 5.67. The van der Waals surface area contributed by atoms with Gasteiger partial charge in [-0.2, -0.15) is 5.10 Å². The Bertz CT molecular complexity index is 939. The molecule has 0 fully saturated rings. The van der Waals surface area contributed by atoms with Crippen LogP contribution in [0.2, 0.25) is 0 Å². The minimum atomic E-state index is -3.61. The van der Waals surface area contributed by atoms with Crippen molar-refractivity contribution in [1.29, 1.82) is 0 Å². The highest BCUT2D eigenvalue weighted by molar-refractivity contribution is 7.98. The van der Waals surface area contributed by atoms with E-state index in [1.54, 1.807) is 23.9 Å². The molecule has 0 atom stereocenters. The predicted octanol–water partition coefficient (Wildman–Crippen LogP) is 2.94. The molecule has 0 aromatic heterocycles. The van der Waals surface area contributed by atoms with Gasteiger partial charge in [0.2, 0.25) is 10.0 Å². The molecule has 0 radical (unpaired) electrons. The average molecular weight is 406 g/mol. The molecule has 0 aliphatic heterocycles. The maximum atomic E-state index is 12.2. The molecule has 144 valence electrons. The van der Waals surface area contributed by atoms with Gasteiger partial charge in [-0.3, -0.25) is 9.10 Å². The van der Waals surface area contributed by atoms with Crippen molar-refractivity contribution in [3.8, 4) is 0 Å². The van der Waals surface area contributed by atoms with Gasteiger partial charge in [0.15, 0.2) is 0 Å². The van der Waals surface area contributed by atoms with Crippen molar-refractivity contribution in [1.82, 2.24) is 5.43 Å². The van der Waals surface area contributed by atoms with Crippen molar-refractivity contribution in [2.24, 2.45) is 5.10 Å². The first-order chi connectivity index (χ1) is 12.7. The summed E-state index contributed by atoms with van der Waals surface area (Å²) in [4.78, 5) is 13.3. The van der Waals surface area contributed by atoms with Crippen LogP contribution in [0.5, 0.6) is 0 Å². The van der Waals surface area contributed by atoms with Gasteiger partial charge in [-0.05, 0) is 61.1 Å². The van der Waals surface area contributed by atoms with E-state index in [4.69, 9.17) is 0 Å². The van der Waals surface area contributed by atoms with Crippen LogP contribution in [0, 0.1) is 13.8 Å². The van der Waals surface area contributed by atoms with E-state index in [0.717, 1.165) is 32.1 Å². The fourth-order valence-corrected chi connectivity index (χ4v) is 3.57. The number of carbonyl (C=O) groups excluding carboxylic acids is 1. The first-order valence-electron chi connectivity index (χ1n) is 8.21. The Morgan fingerprint density at radius 2 is 1.81 bits per heavy atom. The summed E-state index contributed by atoms with van der Waals surface area (Å²) in [7, 11) is -3.61. The van der Waals surface area contributed by atoms with Gasteiger partial charge in [0.05, 0.1) is 18.2 Å². The van der Waals surface area contributed by atoms with Gasteiger partial charge >= 0.3 is 0 Å². The Morgan fingerprint density at radius 1 is 1.15 bits per heavy atom. The zero-order valence-electron chi connectivity index (χ0n) is 15.8. The Hall–Kier alpha value is -2.32. The smallest absolute Gasteiger partial charge is 0.260 e. The fourth-order valence-electron chi connectivity index (χ4n) is 2.32. The van der Waals surface area contributed by atoms with Crippen LogP contribution in [0.4, 0.5) is 5.69 Å². The summed E-state index contributed by atoms with van der Waals surface area (Å²) in [6.45, 7) is 3.49. The summed E-state index contributed by atoms with van der Waals surface area (Å²) in [6.07, 6.45) is 4.58. The number of aryl methyl sites for hydroxylation is 2. The van der Waals surface area contributed by atoms with Crippen LogP contribution in [0.25, 0.3) is 0 Å². The minimum absolute atomic E-state index is 0.343. The summed E-state index contributed by atoms with van der Waals surface area (Å²) in [6, 6.07) is 13.0. The van der Waals surface area contributed by atoms with Crippen LogP contribution in [0.15, 0.2) is 52.5 Å². The third-order valence-electron chi connectivity index (χ3n) is 3.98. The Kier molecular flexibility index (Phi) is 7.04. The molecule has 2 rings (SSSR count). The monoisotopic (exact) mass is 405 g/mol. The van der Waals surface area contributed by atoms with E-state index in [2.05, 4.69) is 10.5 Å². The SMILES string of the molecule is CSc1ccc(/C=N\NC(=O)CN(c2ccc(C)c(C)c2)S(C)(=O)=O)cc1. The normalized spacial score (nSPS) is 11.6. The first kappa shape index (κ1) is 21.0. The van der Waals surface area contributed by atoms with E-state index < -0.39 is 15.9 Å². The number of hydrazone groups is 1. The number of carbonyl (C=O) groups is 1. The number of benzene rings is 2. The van der Waals surface area contributed by atoms with Gasteiger partial charge in [-0.1, -0.05) is 18.2 Å². The van der Waals surface area contributed by atoms with Crippen LogP contribution >= 0.6 is 11.8 Å². The quantitative estimate of drug-likeness (QED) is 0.436. The third kappa shape index (κ3) is 6.11. The number of rotatable bonds is 7. The van der Waals surface area contributed by atoms with Gasteiger partial charge in [-0.15, -0.1) is 11.8 Å². The number of amides is 1. The van der Waals surface area contributed by atoms with Crippen molar-refractivity contribution in [3.05, 3.63) is 59.2 Å². The second-order valence-electron chi connectivity index (χ2n) is 6.10. The van der Waals surface area contributed by atoms with Gasteiger partial charge < -0.3 is 0 Å². The molecule has 2 aromatic rings. The lowest BCUT2D eigenvalue weighted by Gasteiger charge is -2.22. The van der Waals surface area contributed by atoms with Crippen molar-refractivity contribution >= 4 is 39.6 Å². The third-order valence-corrected chi connectivity index (χ3v) is 5.87. The van der Waals surface area contributed by atoms with Gasteiger partial charge in [-0.25, -0.2) is 13.8 Å². The van der Waals surface area contributed by atoms with Crippen molar-refractivity contribution in [2.45, 2.75) is 18.7 Å². The molecule has 0 unspecified atom stereocenters. The van der Waals surface area contributed by atoms with Gasteiger partial charge in [0.25, 0.3) is 5.91 Å². The lowest BCUT2D eigenvalue weighted by Crippen LogP contribution is -2.39. The molecule has 0 spiro atoms. The molecular formula is C19H23N3O3S2. The highest BCUT2D eigenvalue weighted by Crippen LogP contribution is 2.21. The maximum Gasteiger partial charge on any atom is 0.260 e. The minimum Gasteiger partial charge on any atom is -0.271 e. The van der Waals surface area contributed by atoms with E-state index >= 15 is 0 Å². The zero-order valence-corrected chi connectivity index (χ0v) is 17.4. The predicted molar refractivity (Wildman–Crippen MR) is 112 cm³/mol. The molecular weight excluding hydrogens is 382 g/mol. The number of anilines is 1. The molecule has 0 aliphatic rings. The number of thioether (sulfide) groups is 1. The maximum absolute atomic E-state index is 12.2. The number of nitrogens with zero attached hydrogens (tertiary/aromatic N) is 2. The van der Waals surface area contributed by atoms with E-state index in [-0.39, 0.29) is 6.54 Å². The van der Waals surface area contributed by atoms with Gasteiger partial charge in [0.1, 0.15) is 6.54 Å². The second-order valence-corrected chi connectivity index (χ2v) is 8.89.